The van der Waals surface area contributed by atoms with Gasteiger partial charge in [0.05, 0.1) is 32.5 Å². The number of rotatable bonds is 6. The van der Waals surface area contributed by atoms with Gasteiger partial charge in [-0.05, 0) is 36.4 Å². The molecule has 0 atom stereocenters. The fourth-order valence-corrected chi connectivity index (χ4v) is 3.07. The zero-order valence-electron chi connectivity index (χ0n) is 17.5. The molecule has 0 saturated heterocycles. The lowest BCUT2D eigenvalue weighted by atomic mass is 10.1. The highest BCUT2D eigenvalue weighted by atomic mass is 16.5. The number of ketones is 1. The number of allylic oxidation sites excluding steroid dienone is 2. The van der Waals surface area contributed by atoms with E-state index in [4.69, 9.17) is 18.6 Å². The smallest absolute Gasteiger partial charge is 0.355 e. The van der Waals surface area contributed by atoms with E-state index < -0.39 is 11.9 Å². The SMILES string of the molecule is COC(=O)C1=C(C(=O)OC)N(c2ccc(-c3ccc(C(C)=O)o3)c(OC)c2)C=CC=C1. The fourth-order valence-electron chi connectivity index (χ4n) is 3.07. The van der Waals surface area contributed by atoms with E-state index in [-0.39, 0.29) is 22.8 Å². The molecule has 2 aromatic rings. The van der Waals surface area contributed by atoms with Gasteiger partial charge in [0.25, 0.3) is 0 Å². The van der Waals surface area contributed by atoms with Crippen molar-refractivity contribution >= 4 is 23.4 Å². The number of nitrogens with zero attached hydrogens (tertiary/aromatic N) is 1. The first kappa shape index (κ1) is 21.6. The molecule has 2 heterocycles. The van der Waals surface area contributed by atoms with Gasteiger partial charge in [-0.15, -0.1) is 0 Å². The van der Waals surface area contributed by atoms with Gasteiger partial charge in [-0.2, -0.15) is 0 Å². The molecule has 0 saturated carbocycles. The van der Waals surface area contributed by atoms with Crippen molar-refractivity contribution in [2.75, 3.05) is 26.2 Å². The van der Waals surface area contributed by atoms with E-state index in [1.54, 1.807) is 48.7 Å². The van der Waals surface area contributed by atoms with Crippen LogP contribution < -0.4 is 9.64 Å². The van der Waals surface area contributed by atoms with Crippen molar-refractivity contribution in [1.29, 1.82) is 0 Å². The number of anilines is 1. The van der Waals surface area contributed by atoms with Crippen molar-refractivity contribution in [1.82, 2.24) is 0 Å². The molecule has 8 heteroatoms. The number of Topliss-reactive ketones (excluding diaryl/α,β-unsaturated/α-hetero) is 1. The van der Waals surface area contributed by atoms with Crippen LogP contribution in [0.5, 0.6) is 5.75 Å². The van der Waals surface area contributed by atoms with Crippen LogP contribution in [-0.2, 0) is 19.1 Å². The van der Waals surface area contributed by atoms with Gasteiger partial charge in [0.15, 0.2) is 11.5 Å². The Morgan fingerprint density at radius 3 is 2.29 bits per heavy atom. The molecular weight excluding hydrogens is 402 g/mol. The minimum absolute atomic E-state index is 0.00832. The summed E-state index contributed by atoms with van der Waals surface area (Å²) >= 11 is 0. The lowest BCUT2D eigenvalue weighted by Crippen LogP contribution is -2.27. The number of furan rings is 1. The third kappa shape index (κ3) is 4.28. The highest BCUT2D eigenvalue weighted by Crippen LogP contribution is 2.36. The number of methoxy groups -OCH3 is 3. The van der Waals surface area contributed by atoms with Gasteiger partial charge in [-0.25, -0.2) is 9.59 Å². The number of ether oxygens (including phenoxy) is 3. The molecule has 0 bridgehead atoms. The van der Waals surface area contributed by atoms with Gasteiger partial charge >= 0.3 is 11.9 Å². The van der Waals surface area contributed by atoms with E-state index in [0.29, 0.717) is 22.8 Å². The van der Waals surface area contributed by atoms with Crippen LogP contribution in [0.25, 0.3) is 11.3 Å². The molecule has 0 unspecified atom stereocenters. The molecular formula is C23H21NO7. The van der Waals surface area contributed by atoms with Crippen molar-refractivity contribution in [3.63, 3.8) is 0 Å². The van der Waals surface area contributed by atoms with E-state index in [9.17, 15) is 14.4 Å². The van der Waals surface area contributed by atoms with Crippen LogP contribution in [-0.4, -0.2) is 39.1 Å². The molecule has 0 radical (unpaired) electrons. The molecule has 0 amide bonds. The molecule has 1 aromatic carbocycles. The summed E-state index contributed by atoms with van der Waals surface area (Å²) in [7, 11) is 3.96. The summed E-state index contributed by atoms with van der Waals surface area (Å²) in [4.78, 5) is 37.9. The van der Waals surface area contributed by atoms with E-state index in [1.807, 2.05) is 0 Å². The predicted molar refractivity (Wildman–Crippen MR) is 113 cm³/mol. The predicted octanol–water partition coefficient (Wildman–Crippen LogP) is 3.65. The molecule has 0 N–H and O–H groups in total. The maximum absolute atomic E-state index is 12.6. The van der Waals surface area contributed by atoms with Crippen molar-refractivity contribution < 1.29 is 33.0 Å². The topological polar surface area (TPSA) is 95.3 Å². The first-order valence-electron chi connectivity index (χ1n) is 9.25. The van der Waals surface area contributed by atoms with Gasteiger partial charge in [0.2, 0.25) is 0 Å². The molecule has 1 aliphatic rings. The van der Waals surface area contributed by atoms with Crippen molar-refractivity contribution in [3.05, 3.63) is 71.8 Å². The summed E-state index contributed by atoms with van der Waals surface area (Å²) in [5.41, 5.74) is 1.18. The van der Waals surface area contributed by atoms with Gasteiger partial charge in [-0.3, -0.25) is 4.79 Å². The average Bonchev–Trinajstić information content (AvgIpc) is 3.18. The second-order valence-electron chi connectivity index (χ2n) is 6.42. The molecule has 1 aromatic heterocycles. The van der Waals surface area contributed by atoms with Crippen LogP contribution in [0.4, 0.5) is 5.69 Å². The van der Waals surface area contributed by atoms with Gasteiger partial charge in [0, 0.05) is 24.9 Å². The van der Waals surface area contributed by atoms with Gasteiger partial charge in [-0.1, -0.05) is 6.08 Å². The maximum Gasteiger partial charge on any atom is 0.355 e. The first-order chi connectivity index (χ1) is 14.9. The van der Waals surface area contributed by atoms with Crippen LogP contribution in [0.15, 0.2) is 70.4 Å². The van der Waals surface area contributed by atoms with E-state index in [2.05, 4.69) is 0 Å². The van der Waals surface area contributed by atoms with Crippen LogP contribution in [0.1, 0.15) is 17.5 Å². The Balaban J connectivity index is 2.12. The lowest BCUT2D eigenvalue weighted by molar-refractivity contribution is -0.139. The van der Waals surface area contributed by atoms with Crippen molar-refractivity contribution in [3.8, 4) is 17.1 Å². The summed E-state index contributed by atoms with van der Waals surface area (Å²) in [5, 5.41) is 0. The number of hydrogen-bond acceptors (Lipinski definition) is 8. The van der Waals surface area contributed by atoms with E-state index in [1.165, 1.54) is 39.2 Å². The molecule has 3 rings (SSSR count). The van der Waals surface area contributed by atoms with Crippen LogP contribution in [0.3, 0.4) is 0 Å². The Hall–Kier alpha value is -4.07. The van der Waals surface area contributed by atoms with Crippen LogP contribution in [0, 0.1) is 0 Å². The molecule has 0 aliphatic carbocycles. The zero-order chi connectivity index (χ0) is 22.5. The summed E-state index contributed by atoms with van der Waals surface area (Å²) < 4.78 is 20.8. The minimum Gasteiger partial charge on any atom is -0.496 e. The number of esters is 2. The minimum atomic E-state index is -0.711. The van der Waals surface area contributed by atoms with E-state index in [0.717, 1.165) is 0 Å². The molecule has 1 aliphatic heterocycles. The Labute approximate surface area is 179 Å². The van der Waals surface area contributed by atoms with Crippen LogP contribution >= 0.6 is 0 Å². The molecule has 8 nitrogen and oxygen atoms in total. The van der Waals surface area contributed by atoms with Crippen LogP contribution in [0.2, 0.25) is 0 Å². The number of benzene rings is 1. The Bertz CT molecular complexity index is 1120. The normalized spacial score (nSPS) is 13.1. The van der Waals surface area contributed by atoms with E-state index >= 15 is 0 Å². The van der Waals surface area contributed by atoms with Crippen molar-refractivity contribution in [2.24, 2.45) is 0 Å². The summed E-state index contributed by atoms with van der Waals surface area (Å²) in [6, 6.07) is 8.41. The lowest BCUT2D eigenvalue weighted by Gasteiger charge is -2.24. The molecule has 160 valence electrons. The summed E-state index contributed by atoms with van der Waals surface area (Å²) in [6.07, 6.45) is 6.39. The second-order valence-corrected chi connectivity index (χ2v) is 6.42. The Kier molecular flexibility index (Phi) is 6.40. The average molecular weight is 423 g/mol. The summed E-state index contributed by atoms with van der Waals surface area (Å²) in [6.45, 7) is 1.42. The fraction of sp³-hybridized carbons (Fsp3) is 0.174. The quantitative estimate of drug-likeness (QED) is 0.513. The first-order valence-corrected chi connectivity index (χ1v) is 9.25. The Morgan fingerprint density at radius 1 is 0.935 bits per heavy atom. The highest BCUT2D eigenvalue weighted by molar-refractivity contribution is 6.05. The Morgan fingerprint density at radius 2 is 1.68 bits per heavy atom. The number of carbonyl (C=O) groups is 3. The van der Waals surface area contributed by atoms with Gasteiger partial charge < -0.3 is 23.5 Å². The highest BCUT2D eigenvalue weighted by Gasteiger charge is 2.28. The number of carbonyl (C=O) groups excluding carboxylic acids is 3. The van der Waals surface area contributed by atoms with Crippen molar-refractivity contribution in [2.45, 2.75) is 6.92 Å². The molecule has 0 fully saturated rings. The largest absolute Gasteiger partial charge is 0.496 e. The standard InChI is InChI=1S/C23H21NO7/c1-14(25)18-10-11-19(31-18)16-9-8-15(13-20(16)28-2)24-12-6-5-7-17(22(26)29-3)21(24)23(27)30-4/h5-13H,1-4H3. The molecule has 0 spiro atoms. The maximum atomic E-state index is 12.6. The zero-order valence-corrected chi connectivity index (χ0v) is 17.5. The second kappa shape index (κ2) is 9.17. The third-order valence-electron chi connectivity index (χ3n) is 4.57. The molecule has 31 heavy (non-hydrogen) atoms. The monoisotopic (exact) mass is 423 g/mol. The number of hydrogen-bond donors (Lipinski definition) is 0. The van der Waals surface area contributed by atoms with Gasteiger partial charge in [0.1, 0.15) is 17.2 Å². The summed E-state index contributed by atoms with van der Waals surface area (Å²) in [5.74, 6) is -0.441. The third-order valence-corrected chi connectivity index (χ3v) is 4.57.